The minimum absolute atomic E-state index is 0.226. The fourth-order valence-electron chi connectivity index (χ4n) is 2.19. The number of fused-ring (bicyclic) bond motifs is 1. The topological polar surface area (TPSA) is 24.9 Å². The summed E-state index contributed by atoms with van der Waals surface area (Å²) in [5, 5.41) is 5.19. The van der Waals surface area contributed by atoms with Gasteiger partial charge in [-0.2, -0.15) is 0 Å². The zero-order valence-corrected chi connectivity index (χ0v) is 12.5. The molecule has 0 spiro atoms. The van der Waals surface area contributed by atoms with Gasteiger partial charge in [-0.15, -0.1) is 0 Å². The van der Waals surface area contributed by atoms with Gasteiger partial charge in [-0.05, 0) is 42.9 Å². The number of halogens is 1. The number of benzene rings is 2. The molecular weight excluding hydrogens is 283 g/mol. The van der Waals surface area contributed by atoms with E-state index in [0.29, 0.717) is 0 Å². The lowest BCUT2D eigenvalue weighted by Crippen LogP contribution is -2.07. The third kappa shape index (κ3) is 3.23. The lowest BCUT2D eigenvalue weighted by molar-refractivity contribution is 0.624. The van der Waals surface area contributed by atoms with Crippen LogP contribution in [0.5, 0.6) is 0 Å². The zero-order valence-electron chi connectivity index (χ0n) is 11.6. The van der Waals surface area contributed by atoms with Crippen molar-refractivity contribution in [1.82, 2.24) is 10.3 Å². The van der Waals surface area contributed by atoms with E-state index in [0.717, 1.165) is 32.9 Å². The van der Waals surface area contributed by atoms with Gasteiger partial charge in [0.15, 0.2) is 0 Å². The highest BCUT2D eigenvalue weighted by Crippen LogP contribution is 2.31. The SMILES string of the molecule is CNCc1cc2ccccc2nc1Sc1cccc(F)c1. The van der Waals surface area contributed by atoms with E-state index in [1.54, 1.807) is 6.07 Å². The summed E-state index contributed by atoms with van der Waals surface area (Å²) in [6.07, 6.45) is 0. The average molecular weight is 298 g/mol. The van der Waals surface area contributed by atoms with Crippen LogP contribution in [0.1, 0.15) is 5.56 Å². The molecule has 0 aliphatic heterocycles. The quantitative estimate of drug-likeness (QED) is 0.779. The number of nitrogens with one attached hydrogen (secondary N) is 1. The number of hydrogen-bond donors (Lipinski definition) is 1. The van der Waals surface area contributed by atoms with Crippen molar-refractivity contribution in [2.45, 2.75) is 16.5 Å². The van der Waals surface area contributed by atoms with Crippen molar-refractivity contribution in [3.63, 3.8) is 0 Å². The Balaban J connectivity index is 2.04. The Morgan fingerprint density at radius 3 is 2.76 bits per heavy atom. The fourth-order valence-corrected chi connectivity index (χ4v) is 3.14. The minimum atomic E-state index is -0.226. The number of rotatable bonds is 4. The Kier molecular flexibility index (Phi) is 4.18. The smallest absolute Gasteiger partial charge is 0.124 e. The third-order valence-corrected chi connectivity index (χ3v) is 4.18. The second kappa shape index (κ2) is 6.24. The third-order valence-electron chi connectivity index (χ3n) is 3.14. The molecule has 0 aliphatic carbocycles. The van der Waals surface area contributed by atoms with Crippen molar-refractivity contribution in [3.8, 4) is 0 Å². The van der Waals surface area contributed by atoms with E-state index in [1.807, 2.05) is 31.3 Å². The molecule has 4 heteroatoms. The summed E-state index contributed by atoms with van der Waals surface area (Å²) in [7, 11) is 1.91. The van der Waals surface area contributed by atoms with Crippen LogP contribution in [0.25, 0.3) is 10.9 Å². The molecule has 3 rings (SSSR count). The van der Waals surface area contributed by atoms with E-state index in [4.69, 9.17) is 4.98 Å². The first-order valence-corrected chi connectivity index (χ1v) is 7.54. The Morgan fingerprint density at radius 2 is 1.95 bits per heavy atom. The van der Waals surface area contributed by atoms with Crippen molar-refractivity contribution >= 4 is 22.7 Å². The lowest BCUT2D eigenvalue weighted by Gasteiger charge is -2.10. The Bertz CT molecular complexity index is 774. The highest BCUT2D eigenvalue weighted by Gasteiger charge is 2.08. The maximum atomic E-state index is 13.3. The molecule has 1 aromatic heterocycles. The average Bonchev–Trinajstić information content (AvgIpc) is 2.48. The molecule has 1 N–H and O–H groups in total. The summed E-state index contributed by atoms with van der Waals surface area (Å²) < 4.78 is 13.3. The molecule has 0 atom stereocenters. The highest BCUT2D eigenvalue weighted by atomic mass is 32.2. The first-order chi connectivity index (χ1) is 10.3. The summed E-state index contributed by atoms with van der Waals surface area (Å²) in [5.41, 5.74) is 2.07. The Labute approximate surface area is 127 Å². The van der Waals surface area contributed by atoms with Crippen molar-refractivity contribution in [2.24, 2.45) is 0 Å². The van der Waals surface area contributed by atoms with Crippen molar-refractivity contribution in [1.29, 1.82) is 0 Å². The first kappa shape index (κ1) is 14.0. The molecule has 1 heterocycles. The molecule has 2 nitrogen and oxygen atoms in total. The maximum absolute atomic E-state index is 13.3. The molecule has 2 aromatic carbocycles. The fraction of sp³-hybridized carbons (Fsp3) is 0.118. The van der Waals surface area contributed by atoms with Crippen LogP contribution in [-0.4, -0.2) is 12.0 Å². The Morgan fingerprint density at radius 1 is 1.10 bits per heavy atom. The van der Waals surface area contributed by atoms with E-state index in [1.165, 1.54) is 23.9 Å². The number of para-hydroxylation sites is 1. The van der Waals surface area contributed by atoms with Gasteiger partial charge >= 0.3 is 0 Å². The van der Waals surface area contributed by atoms with Crippen LogP contribution in [-0.2, 0) is 6.54 Å². The van der Waals surface area contributed by atoms with Gasteiger partial charge in [0, 0.05) is 16.8 Å². The second-order valence-corrected chi connectivity index (χ2v) is 5.80. The molecule has 0 bridgehead atoms. The zero-order chi connectivity index (χ0) is 14.7. The summed E-state index contributed by atoms with van der Waals surface area (Å²) in [6.45, 7) is 0.732. The van der Waals surface area contributed by atoms with Crippen LogP contribution >= 0.6 is 11.8 Å². The summed E-state index contributed by atoms with van der Waals surface area (Å²) in [5.74, 6) is -0.226. The monoisotopic (exact) mass is 298 g/mol. The largest absolute Gasteiger partial charge is 0.316 e. The van der Waals surface area contributed by atoms with Crippen LogP contribution in [0.2, 0.25) is 0 Å². The molecular formula is C17H15FN2S. The lowest BCUT2D eigenvalue weighted by atomic mass is 10.1. The van der Waals surface area contributed by atoms with E-state index in [-0.39, 0.29) is 5.82 Å². The van der Waals surface area contributed by atoms with Crippen molar-refractivity contribution in [2.75, 3.05) is 7.05 Å². The molecule has 21 heavy (non-hydrogen) atoms. The van der Waals surface area contributed by atoms with Gasteiger partial charge in [0.25, 0.3) is 0 Å². The molecule has 0 saturated carbocycles. The van der Waals surface area contributed by atoms with E-state index < -0.39 is 0 Å². The first-order valence-electron chi connectivity index (χ1n) is 6.73. The standard InChI is InChI=1S/C17H15FN2S/c1-19-11-13-9-12-5-2-3-8-16(12)20-17(13)21-15-7-4-6-14(18)10-15/h2-10,19H,11H2,1H3. The van der Waals surface area contributed by atoms with E-state index in [9.17, 15) is 4.39 Å². The van der Waals surface area contributed by atoms with Gasteiger partial charge < -0.3 is 5.32 Å². The molecule has 0 aliphatic rings. The molecule has 0 unspecified atom stereocenters. The predicted octanol–water partition coefficient (Wildman–Crippen LogP) is 4.24. The van der Waals surface area contributed by atoms with E-state index in [2.05, 4.69) is 17.4 Å². The predicted molar refractivity (Wildman–Crippen MR) is 85.0 cm³/mol. The van der Waals surface area contributed by atoms with Gasteiger partial charge in [0.1, 0.15) is 10.8 Å². The van der Waals surface area contributed by atoms with Crippen molar-refractivity contribution in [3.05, 3.63) is 66.0 Å². The van der Waals surface area contributed by atoms with Gasteiger partial charge in [-0.3, -0.25) is 0 Å². The van der Waals surface area contributed by atoms with Crippen LogP contribution in [0.15, 0.2) is 64.5 Å². The molecule has 0 radical (unpaired) electrons. The summed E-state index contributed by atoms with van der Waals surface area (Å²) in [6, 6.07) is 16.8. The summed E-state index contributed by atoms with van der Waals surface area (Å²) >= 11 is 1.49. The number of hydrogen-bond acceptors (Lipinski definition) is 3. The van der Waals surface area contributed by atoms with Gasteiger partial charge in [-0.1, -0.05) is 36.0 Å². The minimum Gasteiger partial charge on any atom is -0.316 e. The molecule has 3 aromatic rings. The summed E-state index contributed by atoms with van der Waals surface area (Å²) in [4.78, 5) is 5.58. The molecule has 0 amide bonds. The second-order valence-electron chi connectivity index (χ2n) is 4.74. The molecule has 106 valence electrons. The normalized spacial score (nSPS) is 11.0. The Hall–Kier alpha value is -1.91. The van der Waals surface area contributed by atoms with E-state index >= 15 is 0 Å². The van der Waals surface area contributed by atoms with Crippen LogP contribution in [0, 0.1) is 5.82 Å². The number of nitrogens with zero attached hydrogens (tertiary/aromatic N) is 1. The van der Waals surface area contributed by atoms with Gasteiger partial charge in [0.2, 0.25) is 0 Å². The number of aromatic nitrogens is 1. The van der Waals surface area contributed by atoms with Gasteiger partial charge in [0.05, 0.1) is 5.52 Å². The van der Waals surface area contributed by atoms with Crippen LogP contribution in [0.3, 0.4) is 0 Å². The van der Waals surface area contributed by atoms with Crippen LogP contribution < -0.4 is 5.32 Å². The van der Waals surface area contributed by atoms with Crippen LogP contribution in [0.4, 0.5) is 4.39 Å². The highest BCUT2D eigenvalue weighted by molar-refractivity contribution is 7.99. The number of pyridine rings is 1. The maximum Gasteiger partial charge on any atom is 0.124 e. The molecule has 0 saturated heterocycles. The van der Waals surface area contributed by atoms with Crippen molar-refractivity contribution < 1.29 is 4.39 Å². The molecule has 0 fully saturated rings. The van der Waals surface area contributed by atoms with Gasteiger partial charge in [-0.25, -0.2) is 9.37 Å².